The molecule has 122 valence electrons. The molecule has 0 spiro atoms. The summed E-state index contributed by atoms with van der Waals surface area (Å²) in [4.78, 5) is 11.8. The number of hydrogen-bond donors (Lipinski definition) is 1. The van der Waals surface area contributed by atoms with Crippen LogP contribution >= 0.6 is 0 Å². The van der Waals surface area contributed by atoms with E-state index in [4.69, 9.17) is 9.47 Å². The molecule has 1 aliphatic rings. The lowest BCUT2D eigenvalue weighted by Crippen LogP contribution is -2.41. The van der Waals surface area contributed by atoms with Crippen LogP contribution in [0.1, 0.15) is 52.0 Å². The SMILES string of the molecule is CC(C)(C)OC(=O)N[C@H]1CC[C@H](OCc2ccccc2)CC1. The van der Waals surface area contributed by atoms with E-state index in [0.29, 0.717) is 6.61 Å². The Hall–Kier alpha value is -1.55. The fourth-order valence-corrected chi connectivity index (χ4v) is 2.64. The fraction of sp³-hybridized carbons (Fsp3) is 0.611. The number of ether oxygens (including phenoxy) is 2. The number of carbonyl (C=O) groups excluding carboxylic acids is 1. The highest BCUT2D eigenvalue weighted by Crippen LogP contribution is 2.22. The molecule has 0 bridgehead atoms. The van der Waals surface area contributed by atoms with Gasteiger partial charge in [0.25, 0.3) is 0 Å². The van der Waals surface area contributed by atoms with Crippen molar-refractivity contribution in [3.8, 4) is 0 Å². The van der Waals surface area contributed by atoms with Crippen LogP contribution in [0.3, 0.4) is 0 Å². The van der Waals surface area contributed by atoms with Crippen molar-refractivity contribution in [3.63, 3.8) is 0 Å². The van der Waals surface area contributed by atoms with E-state index in [-0.39, 0.29) is 18.2 Å². The smallest absolute Gasteiger partial charge is 0.407 e. The van der Waals surface area contributed by atoms with Gasteiger partial charge in [0, 0.05) is 6.04 Å². The zero-order chi connectivity index (χ0) is 16.0. The number of benzene rings is 1. The van der Waals surface area contributed by atoms with Crippen molar-refractivity contribution in [1.29, 1.82) is 0 Å². The monoisotopic (exact) mass is 305 g/mol. The molecule has 0 aliphatic heterocycles. The van der Waals surface area contributed by atoms with E-state index < -0.39 is 5.60 Å². The fourth-order valence-electron chi connectivity index (χ4n) is 2.64. The molecule has 0 heterocycles. The standard InChI is InChI=1S/C18H27NO3/c1-18(2,3)22-17(20)19-15-9-11-16(12-10-15)21-13-14-7-5-4-6-8-14/h4-8,15-16H,9-13H2,1-3H3,(H,19,20)/t15-,16-. The van der Waals surface area contributed by atoms with Gasteiger partial charge in [0.2, 0.25) is 0 Å². The van der Waals surface area contributed by atoms with Gasteiger partial charge < -0.3 is 14.8 Å². The molecular formula is C18H27NO3. The lowest BCUT2D eigenvalue weighted by atomic mass is 9.93. The molecule has 0 saturated heterocycles. The maximum absolute atomic E-state index is 11.8. The van der Waals surface area contributed by atoms with Gasteiger partial charge in [-0.15, -0.1) is 0 Å². The van der Waals surface area contributed by atoms with E-state index in [1.165, 1.54) is 5.56 Å². The summed E-state index contributed by atoms with van der Waals surface area (Å²) in [5.41, 5.74) is 0.761. The van der Waals surface area contributed by atoms with Crippen molar-refractivity contribution >= 4 is 6.09 Å². The van der Waals surface area contributed by atoms with Crippen LogP contribution in [0.2, 0.25) is 0 Å². The predicted molar refractivity (Wildman–Crippen MR) is 86.6 cm³/mol. The maximum Gasteiger partial charge on any atom is 0.407 e. The van der Waals surface area contributed by atoms with Crippen LogP contribution in [-0.2, 0) is 16.1 Å². The highest BCUT2D eigenvalue weighted by molar-refractivity contribution is 5.68. The third-order valence-electron chi connectivity index (χ3n) is 3.72. The molecule has 1 fully saturated rings. The number of hydrogen-bond acceptors (Lipinski definition) is 3. The molecule has 0 atom stereocenters. The topological polar surface area (TPSA) is 47.6 Å². The van der Waals surface area contributed by atoms with Crippen molar-refractivity contribution in [2.75, 3.05) is 0 Å². The van der Waals surface area contributed by atoms with Crippen LogP contribution in [0.25, 0.3) is 0 Å². The predicted octanol–water partition coefficient (Wildman–Crippen LogP) is 4.04. The van der Waals surface area contributed by atoms with Gasteiger partial charge in [-0.05, 0) is 52.0 Å². The summed E-state index contributed by atoms with van der Waals surface area (Å²) in [6.45, 7) is 6.29. The summed E-state index contributed by atoms with van der Waals surface area (Å²) < 4.78 is 11.3. The van der Waals surface area contributed by atoms with Crippen molar-refractivity contribution in [2.24, 2.45) is 0 Å². The van der Waals surface area contributed by atoms with Gasteiger partial charge in [-0.25, -0.2) is 4.79 Å². The van der Waals surface area contributed by atoms with Crippen LogP contribution in [0.4, 0.5) is 4.79 Å². The zero-order valence-corrected chi connectivity index (χ0v) is 13.8. The molecule has 4 nitrogen and oxygen atoms in total. The lowest BCUT2D eigenvalue weighted by Gasteiger charge is -2.30. The summed E-state index contributed by atoms with van der Waals surface area (Å²) in [6, 6.07) is 10.4. The van der Waals surface area contributed by atoms with Crippen molar-refractivity contribution in [3.05, 3.63) is 35.9 Å². The van der Waals surface area contributed by atoms with Crippen LogP contribution in [0.15, 0.2) is 30.3 Å². The Balaban J connectivity index is 1.66. The lowest BCUT2D eigenvalue weighted by molar-refractivity contribution is 0.00835. The second-order valence-corrected chi connectivity index (χ2v) is 6.92. The highest BCUT2D eigenvalue weighted by Gasteiger charge is 2.25. The minimum absolute atomic E-state index is 0.200. The minimum Gasteiger partial charge on any atom is -0.444 e. The third-order valence-corrected chi connectivity index (χ3v) is 3.72. The first-order chi connectivity index (χ1) is 10.4. The van der Waals surface area contributed by atoms with Crippen LogP contribution < -0.4 is 5.32 Å². The number of carbonyl (C=O) groups is 1. The van der Waals surface area contributed by atoms with E-state index in [0.717, 1.165) is 25.7 Å². The molecule has 1 aliphatic carbocycles. The van der Waals surface area contributed by atoms with Gasteiger partial charge in [0.1, 0.15) is 5.60 Å². The van der Waals surface area contributed by atoms with E-state index in [9.17, 15) is 4.79 Å². The molecule has 2 rings (SSSR count). The average Bonchev–Trinajstić information content (AvgIpc) is 2.45. The normalized spacial score (nSPS) is 22.1. The van der Waals surface area contributed by atoms with Crippen molar-refractivity contribution in [2.45, 2.75) is 70.8 Å². The summed E-state index contributed by atoms with van der Waals surface area (Å²) in [7, 11) is 0. The first kappa shape index (κ1) is 16.8. The summed E-state index contributed by atoms with van der Waals surface area (Å²) in [5, 5.41) is 2.95. The molecule has 1 N–H and O–H groups in total. The Kier molecular flexibility index (Phi) is 5.83. The van der Waals surface area contributed by atoms with E-state index >= 15 is 0 Å². The summed E-state index contributed by atoms with van der Waals surface area (Å²) in [5.74, 6) is 0. The number of rotatable bonds is 4. The molecule has 1 amide bonds. The van der Waals surface area contributed by atoms with Gasteiger partial charge in [-0.2, -0.15) is 0 Å². The molecule has 1 aromatic carbocycles. The first-order valence-electron chi connectivity index (χ1n) is 8.07. The number of amides is 1. The Morgan fingerprint density at radius 3 is 2.36 bits per heavy atom. The van der Waals surface area contributed by atoms with E-state index in [1.807, 2.05) is 39.0 Å². The average molecular weight is 305 g/mol. The van der Waals surface area contributed by atoms with Gasteiger partial charge in [0.15, 0.2) is 0 Å². The van der Waals surface area contributed by atoms with Crippen LogP contribution in [0, 0.1) is 0 Å². The molecule has 0 radical (unpaired) electrons. The Bertz CT molecular complexity index is 459. The van der Waals surface area contributed by atoms with Crippen molar-refractivity contribution in [1.82, 2.24) is 5.32 Å². The molecule has 1 saturated carbocycles. The van der Waals surface area contributed by atoms with Crippen molar-refractivity contribution < 1.29 is 14.3 Å². The minimum atomic E-state index is -0.444. The largest absolute Gasteiger partial charge is 0.444 e. The number of alkyl carbamates (subject to hydrolysis) is 1. The highest BCUT2D eigenvalue weighted by atomic mass is 16.6. The second kappa shape index (κ2) is 7.63. The molecular weight excluding hydrogens is 278 g/mol. The summed E-state index contributed by atoms with van der Waals surface area (Å²) >= 11 is 0. The summed E-state index contributed by atoms with van der Waals surface area (Å²) in [6.07, 6.45) is 3.82. The van der Waals surface area contributed by atoms with Gasteiger partial charge >= 0.3 is 6.09 Å². The van der Waals surface area contributed by atoms with E-state index in [2.05, 4.69) is 17.4 Å². The molecule has 1 aromatic rings. The second-order valence-electron chi connectivity index (χ2n) is 6.92. The van der Waals surface area contributed by atoms with Gasteiger partial charge in [-0.3, -0.25) is 0 Å². The Labute approximate surface area is 133 Å². The van der Waals surface area contributed by atoms with Gasteiger partial charge in [-0.1, -0.05) is 30.3 Å². The molecule has 0 unspecified atom stereocenters. The molecule has 0 aromatic heterocycles. The number of nitrogens with one attached hydrogen (secondary N) is 1. The Morgan fingerprint density at radius 2 is 1.77 bits per heavy atom. The third kappa shape index (κ3) is 6.06. The zero-order valence-electron chi connectivity index (χ0n) is 13.8. The van der Waals surface area contributed by atoms with E-state index in [1.54, 1.807) is 0 Å². The van der Waals surface area contributed by atoms with Crippen LogP contribution in [0.5, 0.6) is 0 Å². The maximum atomic E-state index is 11.8. The quantitative estimate of drug-likeness (QED) is 0.913. The first-order valence-corrected chi connectivity index (χ1v) is 8.07. The Morgan fingerprint density at radius 1 is 1.14 bits per heavy atom. The van der Waals surface area contributed by atoms with Gasteiger partial charge in [0.05, 0.1) is 12.7 Å². The van der Waals surface area contributed by atoms with Crippen LogP contribution in [-0.4, -0.2) is 23.8 Å². The molecule has 22 heavy (non-hydrogen) atoms. The molecule has 4 heteroatoms.